The van der Waals surface area contributed by atoms with Crippen molar-refractivity contribution >= 4 is 121 Å². The van der Waals surface area contributed by atoms with Crippen LogP contribution in [0.25, 0.3) is 32.7 Å². The highest BCUT2D eigenvalue weighted by molar-refractivity contribution is 7.80. The van der Waals surface area contributed by atoms with E-state index in [9.17, 15) is 24.5 Å². The van der Waals surface area contributed by atoms with Crippen molar-refractivity contribution in [3.63, 3.8) is 0 Å². The number of nitro groups is 1. The van der Waals surface area contributed by atoms with Crippen LogP contribution in [-0.2, 0) is 0 Å². The third-order valence-electron chi connectivity index (χ3n) is 13.6. The van der Waals surface area contributed by atoms with Gasteiger partial charge in [0.05, 0.1) is 40.5 Å². The number of benzene rings is 8. The van der Waals surface area contributed by atoms with Crippen molar-refractivity contribution in [1.29, 1.82) is 0 Å². The number of hydrogen-bond acceptors (Lipinski definition) is 10. The maximum Gasteiger partial charge on any atom is 0.295 e. The highest BCUT2D eigenvalue weighted by Crippen LogP contribution is 2.39. The molecule has 0 bridgehead atoms. The minimum absolute atomic E-state index is 0.0471. The molecule has 0 aliphatic heterocycles. The van der Waals surface area contributed by atoms with Crippen LogP contribution in [-0.4, -0.2) is 50.8 Å². The van der Waals surface area contributed by atoms with Crippen molar-refractivity contribution in [3.8, 4) is 11.5 Å². The molecule has 0 atom stereocenters. The fourth-order valence-electron chi connectivity index (χ4n) is 9.76. The summed E-state index contributed by atoms with van der Waals surface area (Å²) in [5.74, 6) is -0.757. The molecule has 0 unspecified atom stereocenters. The van der Waals surface area contributed by atoms with Crippen molar-refractivity contribution in [2.24, 2.45) is 11.8 Å². The van der Waals surface area contributed by atoms with E-state index in [0.717, 1.165) is 15.9 Å². The molecule has 0 radical (unpaired) electrons. The lowest BCUT2D eigenvalue weighted by Crippen LogP contribution is -2.24. The van der Waals surface area contributed by atoms with Gasteiger partial charge in [-0.2, -0.15) is 0 Å². The standard InChI is InChI=1S/C68H57N7O7P2/c1-43(2)41-81-60-38-56(66(76)69-45-21-17-30-50(37-45)83(46-22-9-5-10-23-46)47-24-11-6-12-25-47)70-63-51(60)31-18-34-54(63)73-67(77)57-39-61(82-42-44(3)4)52-32-19-35-55(64(52)71-57)74-68(78)58-40-62(53-33-20-36-59(75(79)80)65(53)72-58)84(48-26-13-7-14-27-48)49-28-15-8-16-29-49/h5-40,43-44H,41-42H2,1-4H3,(H,69,76)(H,73,77)(H,74,78). The SMILES string of the molecule is CC(C)COc1cc(C(=O)Nc2cccc(P(c3ccccc3)c3ccccc3)c2)nc2c(NC(=O)c3cc(OCC(C)C)c4cccc(NC(=O)c5cc(P(c6ccccc6)c6ccccc6)c6cccc([N+](=O)[O-])c6n5)c4n3)cccc12. The van der Waals surface area contributed by atoms with Crippen LogP contribution in [0, 0.1) is 22.0 Å². The van der Waals surface area contributed by atoms with Crippen LogP contribution in [0.2, 0.25) is 0 Å². The molecule has 11 rings (SSSR count). The van der Waals surface area contributed by atoms with E-state index < -0.39 is 38.5 Å². The molecular weight excluding hydrogens is 1090 g/mol. The van der Waals surface area contributed by atoms with E-state index in [0.29, 0.717) is 57.4 Å². The maximum atomic E-state index is 14.8. The summed E-state index contributed by atoms with van der Waals surface area (Å²) in [4.78, 5) is 70.7. The quantitative estimate of drug-likeness (QED) is 0.0399. The molecule has 14 nitrogen and oxygen atoms in total. The van der Waals surface area contributed by atoms with Gasteiger partial charge in [-0.3, -0.25) is 24.5 Å². The van der Waals surface area contributed by atoms with Crippen LogP contribution < -0.4 is 57.3 Å². The number of non-ortho nitro benzene ring substituents is 1. The molecule has 3 N–H and O–H groups in total. The monoisotopic (exact) mass is 1150 g/mol. The Hall–Kier alpha value is -9.74. The molecule has 8 aromatic carbocycles. The molecule has 0 spiro atoms. The summed E-state index contributed by atoms with van der Waals surface area (Å²) in [7, 11) is -2.30. The smallest absolute Gasteiger partial charge is 0.295 e. The van der Waals surface area contributed by atoms with Crippen LogP contribution >= 0.6 is 15.8 Å². The Balaban J connectivity index is 0.947. The summed E-state index contributed by atoms with van der Waals surface area (Å²) in [5, 5.41) is 29.4. The molecule has 84 heavy (non-hydrogen) atoms. The van der Waals surface area contributed by atoms with Crippen LogP contribution in [0.4, 0.5) is 22.7 Å². The third kappa shape index (κ3) is 12.4. The van der Waals surface area contributed by atoms with Gasteiger partial charge >= 0.3 is 0 Å². The number of carbonyl (C=O) groups is 3. The Morgan fingerprint density at radius 1 is 0.440 bits per heavy atom. The number of rotatable bonds is 19. The largest absolute Gasteiger partial charge is 0.493 e. The van der Waals surface area contributed by atoms with Crippen molar-refractivity contribution in [2.45, 2.75) is 27.7 Å². The van der Waals surface area contributed by atoms with Gasteiger partial charge in [-0.05, 0) is 102 Å². The Labute approximate surface area is 488 Å². The number of hydrogen-bond donors (Lipinski definition) is 3. The van der Waals surface area contributed by atoms with E-state index >= 15 is 0 Å². The molecule has 0 fully saturated rings. The van der Waals surface area contributed by atoms with Gasteiger partial charge in [-0.25, -0.2) is 15.0 Å². The first-order valence-electron chi connectivity index (χ1n) is 27.4. The van der Waals surface area contributed by atoms with Crippen molar-refractivity contribution < 1.29 is 28.8 Å². The summed E-state index contributed by atoms with van der Waals surface area (Å²) >= 11 is 0. The molecule has 11 aromatic rings. The normalized spacial score (nSPS) is 11.4. The number of anilines is 3. The second-order valence-electron chi connectivity index (χ2n) is 20.7. The Bertz CT molecular complexity index is 4170. The van der Waals surface area contributed by atoms with E-state index in [-0.39, 0.29) is 57.0 Å². The molecule has 3 amide bonds. The Morgan fingerprint density at radius 2 is 0.833 bits per heavy atom. The van der Waals surface area contributed by atoms with Gasteiger partial charge in [0.25, 0.3) is 23.4 Å². The number of amides is 3. The van der Waals surface area contributed by atoms with E-state index in [1.165, 1.54) is 16.7 Å². The second kappa shape index (κ2) is 25.2. The maximum absolute atomic E-state index is 14.8. The minimum Gasteiger partial charge on any atom is -0.493 e. The molecule has 0 aliphatic rings. The highest BCUT2D eigenvalue weighted by Gasteiger charge is 2.27. The van der Waals surface area contributed by atoms with E-state index in [1.807, 2.05) is 149 Å². The average molecular weight is 1150 g/mol. The van der Waals surface area contributed by atoms with E-state index in [2.05, 4.69) is 51.3 Å². The molecule has 16 heteroatoms. The molecule has 416 valence electrons. The summed E-state index contributed by atoms with van der Waals surface area (Å²) in [6, 6.07) is 68.4. The number of nitrogens with zero attached hydrogens (tertiary/aromatic N) is 4. The number of ether oxygens (including phenoxy) is 2. The molecular formula is C68H57N7O7P2. The molecule has 3 heterocycles. The van der Waals surface area contributed by atoms with Gasteiger partial charge in [0, 0.05) is 40.0 Å². The number of carbonyl (C=O) groups excluding carboxylic acids is 3. The van der Waals surface area contributed by atoms with Crippen LogP contribution in [0.5, 0.6) is 11.5 Å². The van der Waals surface area contributed by atoms with Gasteiger partial charge < -0.3 is 25.4 Å². The summed E-state index contributed by atoms with van der Waals surface area (Å²) in [6.07, 6.45) is 0. The van der Waals surface area contributed by atoms with Gasteiger partial charge in [0.1, 0.15) is 34.1 Å². The predicted octanol–water partition coefficient (Wildman–Crippen LogP) is 12.6. The lowest BCUT2D eigenvalue weighted by atomic mass is 10.1. The molecule has 0 saturated carbocycles. The second-order valence-corrected chi connectivity index (χ2v) is 25.1. The van der Waals surface area contributed by atoms with Crippen molar-refractivity contribution in [1.82, 2.24) is 15.0 Å². The van der Waals surface area contributed by atoms with Gasteiger partial charge in [0.2, 0.25) is 0 Å². The van der Waals surface area contributed by atoms with Crippen molar-refractivity contribution in [2.75, 3.05) is 29.2 Å². The van der Waals surface area contributed by atoms with E-state index in [4.69, 9.17) is 19.4 Å². The predicted molar refractivity (Wildman–Crippen MR) is 340 cm³/mol. The van der Waals surface area contributed by atoms with Crippen LogP contribution in [0.1, 0.15) is 59.2 Å². The first kappa shape index (κ1) is 56.1. The lowest BCUT2D eigenvalue weighted by molar-refractivity contribution is -0.383. The number of fused-ring (bicyclic) bond motifs is 3. The van der Waals surface area contributed by atoms with Crippen molar-refractivity contribution in [3.05, 3.63) is 246 Å². The Morgan fingerprint density at radius 3 is 1.30 bits per heavy atom. The van der Waals surface area contributed by atoms with Gasteiger partial charge in [-0.1, -0.05) is 185 Å². The Kier molecular flexibility index (Phi) is 16.8. The average Bonchev–Trinajstić information content (AvgIpc) is 3.65. The third-order valence-corrected chi connectivity index (χ3v) is 18.5. The highest BCUT2D eigenvalue weighted by atomic mass is 31.1. The number of nitrogens with one attached hydrogen (secondary N) is 3. The summed E-state index contributed by atoms with van der Waals surface area (Å²) < 4.78 is 12.8. The summed E-state index contributed by atoms with van der Waals surface area (Å²) in [6.45, 7) is 8.72. The fraction of sp³-hybridized carbons (Fsp3) is 0.118. The molecule has 0 saturated heterocycles. The zero-order valence-corrected chi connectivity index (χ0v) is 48.2. The first-order chi connectivity index (χ1) is 40.9. The molecule has 3 aromatic heterocycles. The number of pyridine rings is 3. The van der Waals surface area contributed by atoms with E-state index in [1.54, 1.807) is 60.7 Å². The number of nitro benzene ring substituents is 1. The van der Waals surface area contributed by atoms with Crippen LogP contribution in [0.15, 0.2) is 218 Å². The zero-order chi connectivity index (χ0) is 58.3. The first-order valence-corrected chi connectivity index (χ1v) is 30.1. The molecule has 0 aliphatic carbocycles. The van der Waals surface area contributed by atoms with Gasteiger partial charge in [0.15, 0.2) is 0 Å². The minimum atomic E-state index is -1.35. The summed E-state index contributed by atoms with van der Waals surface area (Å²) in [5.41, 5.74) is 1.43. The number of para-hydroxylation sites is 3. The lowest BCUT2D eigenvalue weighted by Gasteiger charge is -2.21. The van der Waals surface area contributed by atoms with Crippen LogP contribution in [0.3, 0.4) is 0 Å². The number of aromatic nitrogens is 3. The zero-order valence-electron chi connectivity index (χ0n) is 46.4. The van der Waals surface area contributed by atoms with Gasteiger partial charge in [-0.15, -0.1) is 0 Å². The fourth-order valence-corrected chi connectivity index (χ4v) is 14.6. The topological polar surface area (TPSA) is 188 Å².